The maximum absolute atomic E-state index is 12.3. The predicted octanol–water partition coefficient (Wildman–Crippen LogP) is 0.717. The van der Waals surface area contributed by atoms with Gasteiger partial charge in [-0.25, -0.2) is 13.4 Å². The number of hydrogen-bond donors (Lipinski definition) is 1. The SMILES string of the molecule is C[C@@H]1CN(S(=O)(=O)c2ncccc2Cl)CCN1. The van der Waals surface area contributed by atoms with Gasteiger partial charge in [-0.3, -0.25) is 0 Å². The van der Waals surface area contributed by atoms with Crippen molar-refractivity contribution >= 4 is 21.6 Å². The molecule has 1 aromatic heterocycles. The molecule has 1 aliphatic heterocycles. The van der Waals surface area contributed by atoms with Crippen LogP contribution in [-0.4, -0.2) is 43.4 Å². The first kappa shape index (κ1) is 12.8. The van der Waals surface area contributed by atoms with Crippen LogP contribution in [0.1, 0.15) is 6.92 Å². The molecule has 0 amide bonds. The van der Waals surface area contributed by atoms with E-state index in [-0.39, 0.29) is 16.1 Å². The van der Waals surface area contributed by atoms with Gasteiger partial charge in [0.2, 0.25) is 0 Å². The van der Waals surface area contributed by atoms with Crippen LogP contribution in [0.25, 0.3) is 0 Å². The van der Waals surface area contributed by atoms with Crippen molar-refractivity contribution in [1.29, 1.82) is 0 Å². The highest BCUT2D eigenvalue weighted by atomic mass is 35.5. The summed E-state index contributed by atoms with van der Waals surface area (Å²) in [5.74, 6) is 0. The predicted molar refractivity (Wildman–Crippen MR) is 65.5 cm³/mol. The van der Waals surface area contributed by atoms with Crippen LogP contribution >= 0.6 is 11.6 Å². The summed E-state index contributed by atoms with van der Waals surface area (Å²) in [5.41, 5.74) is 0. The first-order valence-corrected chi connectivity index (χ1v) is 7.17. The molecule has 17 heavy (non-hydrogen) atoms. The standard InChI is InChI=1S/C10H14ClN3O2S/c1-8-7-14(6-5-12-8)17(15,16)10-9(11)3-2-4-13-10/h2-4,8,12H,5-7H2,1H3/t8-/m1/s1. The third-order valence-electron chi connectivity index (χ3n) is 2.64. The van der Waals surface area contributed by atoms with Crippen LogP contribution in [0.2, 0.25) is 5.02 Å². The Balaban J connectivity index is 2.33. The van der Waals surface area contributed by atoms with E-state index < -0.39 is 10.0 Å². The maximum Gasteiger partial charge on any atom is 0.262 e. The van der Waals surface area contributed by atoms with Crippen molar-refractivity contribution in [2.75, 3.05) is 19.6 Å². The van der Waals surface area contributed by atoms with E-state index in [0.29, 0.717) is 19.6 Å². The second-order valence-electron chi connectivity index (χ2n) is 4.01. The first-order valence-electron chi connectivity index (χ1n) is 5.36. The Bertz CT molecular complexity index is 506. The Morgan fingerprint density at radius 2 is 2.35 bits per heavy atom. The van der Waals surface area contributed by atoms with Crippen LogP contribution in [0, 0.1) is 0 Å². The van der Waals surface area contributed by atoms with E-state index >= 15 is 0 Å². The second-order valence-corrected chi connectivity index (χ2v) is 6.27. The Hall–Kier alpha value is -0.690. The van der Waals surface area contributed by atoms with Gasteiger partial charge in [0.25, 0.3) is 10.0 Å². The van der Waals surface area contributed by atoms with Gasteiger partial charge in [0.15, 0.2) is 5.03 Å². The van der Waals surface area contributed by atoms with Gasteiger partial charge < -0.3 is 5.32 Å². The summed E-state index contributed by atoms with van der Waals surface area (Å²) in [7, 11) is -3.58. The molecule has 0 aromatic carbocycles. The van der Waals surface area contributed by atoms with Crippen molar-refractivity contribution in [2.45, 2.75) is 18.0 Å². The van der Waals surface area contributed by atoms with E-state index in [1.165, 1.54) is 16.6 Å². The molecular weight excluding hydrogens is 262 g/mol. The fourth-order valence-electron chi connectivity index (χ4n) is 1.80. The van der Waals surface area contributed by atoms with Crippen LogP contribution in [0.5, 0.6) is 0 Å². The molecule has 5 nitrogen and oxygen atoms in total. The summed E-state index contributed by atoms with van der Waals surface area (Å²) < 4.78 is 26.0. The highest BCUT2D eigenvalue weighted by molar-refractivity contribution is 7.89. The number of nitrogens with zero attached hydrogens (tertiary/aromatic N) is 2. The molecule has 1 N–H and O–H groups in total. The van der Waals surface area contributed by atoms with E-state index in [4.69, 9.17) is 11.6 Å². The zero-order chi connectivity index (χ0) is 12.5. The molecule has 1 aromatic rings. The summed E-state index contributed by atoms with van der Waals surface area (Å²) in [5, 5.41) is 3.30. The topological polar surface area (TPSA) is 62.3 Å². The normalized spacial score (nSPS) is 22.6. The van der Waals surface area contributed by atoms with Crippen molar-refractivity contribution in [3.8, 4) is 0 Å². The van der Waals surface area contributed by atoms with Crippen molar-refractivity contribution in [2.24, 2.45) is 0 Å². The molecule has 1 fully saturated rings. The number of aromatic nitrogens is 1. The first-order chi connectivity index (χ1) is 8.01. The van der Waals surface area contributed by atoms with Gasteiger partial charge in [0.05, 0.1) is 5.02 Å². The van der Waals surface area contributed by atoms with Crippen LogP contribution in [0.3, 0.4) is 0 Å². The Labute approximate surface area is 106 Å². The highest BCUT2D eigenvalue weighted by Crippen LogP contribution is 2.22. The summed E-state index contributed by atoms with van der Waals surface area (Å²) in [4.78, 5) is 3.87. The third kappa shape index (κ3) is 2.60. The fraction of sp³-hybridized carbons (Fsp3) is 0.500. The van der Waals surface area contributed by atoms with E-state index in [9.17, 15) is 8.42 Å². The molecule has 0 spiro atoms. The third-order valence-corrected chi connectivity index (χ3v) is 4.88. The van der Waals surface area contributed by atoms with Crippen LogP contribution in [-0.2, 0) is 10.0 Å². The Morgan fingerprint density at radius 3 is 3.00 bits per heavy atom. The number of piperazine rings is 1. The maximum atomic E-state index is 12.3. The van der Waals surface area contributed by atoms with Gasteiger partial charge in [-0.2, -0.15) is 4.31 Å². The quantitative estimate of drug-likeness (QED) is 0.864. The molecular formula is C10H14ClN3O2S. The fourth-order valence-corrected chi connectivity index (χ4v) is 3.72. The minimum Gasteiger partial charge on any atom is -0.312 e. The van der Waals surface area contributed by atoms with Crippen molar-refractivity contribution in [1.82, 2.24) is 14.6 Å². The van der Waals surface area contributed by atoms with Crippen LogP contribution < -0.4 is 5.32 Å². The average molecular weight is 276 g/mol. The Morgan fingerprint density at radius 1 is 1.59 bits per heavy atom. The lowest BCUT2D eigenvalue weighted by Gasteiger charge is -2.30. The monoisotopic (exact) mass is 275 g/mol. The van der Waals surface area contributed by atoms with Gasteiger partial charge >= 0.3 is 0 Å². The molecule has 1 aliphatic rings. The lowest BCUT2D eigenvalue weighted by Crippen LogP contribution is -2.51. The number of rotatable bonds is 2. The van der Waals surface area contributed by atoms with Crippen LogP contribution in [0.15, 0.2) is 23.4 Å². The zero-order valence-electron chi connectivity index (χ0n) is 9.43. The van der Waals surface area contributed by atoms with E-state index in [2.05, 4.69) is 10.3 Å². The van der Waals surface area contributed by atoms with Gasteiger partial charge in [0.1, 0.15) is 0 Å². The number of pyridine rings is 1. The molecule has 2 heterocycles. The number of hydrogen-bond acceptors (Lipinski definition) is 4. The van der Waals surface area contributed by atoms with E-state index in [1.54, 1.807) is 6.07 Å². The molecule has 0 radical (unpaired) electrons. The van der Waals surface area contributed by atoms with Gasteiger partial charge in [-0.05, 0) is 19.1 Å². The van der Waals surface area contributed by atoms with Crippen molar-refractivity contribution < 1.29 is 8.42 Å². The minimum atomic E-state index is -3.58. The number of sulfonamides is 1. The molecule has 0 unspecified atom stereocenters. The van der Waals surface area contributed by atoms with Gasteiger partial charge in [0, 0.05) is 31.9 Å². The van der Waals surface area contributed by atoms with E-state index in [1.807, 2.05) is 6.92 Å². The Kier molecular flexibility index (Phi) is 3.67. The smallest absolute Gasteiger partial charge is 0.262 e. The molecule has 7 heteroatoms. The molecule has 0 bridgehead atoms. The molecule has 2 rings (SSSR count). The minimum absolute atomic E-state index is 0.0595. The largest absolute Gasteiger partial charge is 0.312 e. The van der Waals surface area contributed by atoms with Gasteiger partial charge in [-0.15, -0.1) is 0 Å². The molecule has 1 saturated heterocycles. The zero-order valence-corrected chi connectivity index (χ0v) is 11.0. The summed E-state index contributed by atoms with van der Waals surface area (Å²) >= 11 is 5.88. The van der Waals surface area contributed by atoms with E-state index in [0.717, 1.165) is 0 Å². The van der Waals surface area contributed by atoms with Gasteiger partial charge in [-0.1, -0.05) is 11.6 Å². The lowest BCUT2D eigenvalue weighted by atomic mass is 10.3. The van der Waals surface area contributed by atoms with Crippen LogP contribution in [0.4, 0.5) is 0 Å². The number of nitrogens with one attached hydrogen (secondary N) is 1. The highest BCUT2D eigenvalue weighted by Gasteiger charge is 2.30. The molecule has 0 aliphatic carbocycles. The second kappa shape index (κ2) is 4.89. The summed E-state index contributed by atoms with van der Waals surface area (Å²) in [6.07, 6.45) is 1.43. The molecule has 94 valence electrons. The molecule has 1 atom stereocenters. The lowest BCUT2D eigenvalue weighted by molar-refractivity contribution is 0.309. The molecule has 0 saturated carbocycles. The van der Waals surface area contributed by atoms with Crippen molar-refractivity contribution in [3.05, 3.63) is 23.4 Å². The number of halogens is 1. The average Bonchev–Trinajstić information content (AvgIpc) is 2.29. The summed E-state index contributed by atoms with van der Waals surface area (Å²) in [6, 6.07) is 3.29. The van der Waals surface area contributed by atoms with Crippen molar-refractivity contribution in [3.63, 3.8) is 0 Å². The summed E-state index contributed by atoms with van der Waals surface area (Å²) in [6.45, 7) is 3.47.